The lowest BCUT2D eigenvalue weighted by Gasteiger charge is -2.04. The SMILES string of the molecule is OCOc1ccccc1/C=N/CC/N=C/c1ccccc1O. The summed E-state index contributed by atoms with van der Waals surface area (Å²) in [5, 5.41) is 18.4. The molecule has 0 aromatic heterocycles. The van der Waals surface area contributed by atoms with E-state index in [1.54, 1.807) is 36.7 Å². The molecule has 0 aliphatic carbocycles. The van der Waals surface area contributed by atoms with Gasteiger partial charge in [-0.15, -0.1) is 0 Å². The Labute approximate surface area is 129 Å². The van der Waals surface area contributed by atoms with E-state index in [-0.39, 0.29) is 12.5 Å². The first-order valence-electron chi connectivity index (χ1n) is 6.91. The average molecular weight is 298 g/mol. The number of hydrogen-bond acceptors (Lipinski definition) is 5. The van der Waals surface area contributed by atoms with Gasteiger partial charge in [-0.05, 0) is 24.3 Å². The molecule has 2 N–H and O–H groups in total. The van der Waals surface area contributed by atoms with Crippen LogP contribution >= 0.6 is 0 Å². The maximum absolute atomic E-state index is 9.59. The third-order valence-corrected chi connectivity index (χ3v) is 2.89. The summed E-state index contributed by atoms with van der Waals surface area (Å²) in [6, 6.07) is 14.4. The molecule has 0 aliphatic rings. The van der Waals surface area contributed by atoms with Gasteiger partial charge >= 0.3 is 0 Å². The van der Waals surface area contributed by atoms with Crippen molar-refractivity contribution in [1.29, 1.82) is 0 Å². The van der Waals surface area contributed by atoms with Gasteiger partial charge in [0.15, 0.2) is 6.79 Å². The van der Waals surface area contributed by atoms with Gasteiger partial charge in [0.2, 0.25) is 0 Å². The molecule has 2 aromatic rings. The van der Waals surface area contributed by atoms with Crippen LogP contribution in [0.1, 0.15) is 11.1 Å². The lowest BCUT2D eigenvalue weighted by atomic mass is 10.2. The Bertz CT molecular complexity index is 654. The maximum atomic E-state index is 9.59. The van der Waals surface area contributed by atoms with Crippen LogP contribution in [0.3, 0.4) is 0 Å². The number of phenols is 1. The Morgan fingerprint density at radius 1 is 0.864 bits per heavy atom. The lowest BCUT2D eigenvalue weighted by molar-refractivity contribution is 0.0984. The van der Waals surface area contributed by atoms with Crippen LogP contribution in [0.2, 0.25) is 0 Å². The summed E-state index contributed by atoms with van der Waals surface area (Å²) in [5.41, 5.74) is 1.49. The molecule has 5 nitrogen and oxygen atoms in total. The van der Waals surface area contributed by atoms with Crippen molar-refractivity contribution in [2.45, 2.75) is 0 Å². The molecule has 0 unspecified atom stereocenters. The third-order valence-electron chi connectivity index (χ3n) is 2.89. The number of ether oxygens (including phenoxy) is 1. The van der Waals surface area contributed by atoms with E-state index in [0.29, 0.717) is 24.4 Å². The van der Waals surface area contributed by atoms with Crippen LogP contribution in [-0.4, -0.2) is 42.5 Å². The first-order valence-corrected chi connectivity index (χ1v) is 6.91. The van der Waals surface area contributed by atoms with E-state index in [1.165, 1.54) is 0 Å². The quantitative estimate of drug-likeness (QED) is 0.468. The van der Waals surface area contributed by atoms with Crippen molar-refractivity contribution in [1.82, 2.24) is 0 Å². The number of aromatic hydroxyl groups is 1. The zero-order chi connectivity index (χ0) is 15.6. The van der Waals surface area contributed by atoms with Crippen LogP contribution in [0.4, 0.5) is 0 Å². The molecule has 0 spiro atoms. The van der Waals surface area contributed by atoms with Crippen LogP contribution in [0.5, 0.6) is 11.5 Å². The van der Waals surface area contributed by atoms with Crippen LogP contribution in [0, 0.1) is 0 Å². The smallest absolute Gasteiger partial charge is 0.186 e. The molecule has 0 fully saturated rings. The van der Waals surface area contributed by atoms with Gasteiger partial charge in [-0.2, -0.15) is 0 Å². The van der Waals surface area contributed by atoms with Gasteiger partial charge in [-0.25, -0.2) is 0 Å². The molecule has 0 atom stereocenters. The Morgan fingerprint density at radius 2 is 1.45 bits per heavy atom. The monoisotopic (exact) mass is 298 g/mol. The van der Waals surface area contributed by atoms with Crippen LogP contribution in [0.15, 0.2) is 58.5 Å². The fourth-order valence-corrected chi connectivity index (χ4v) is 1.83. The highest BCUT2D eigenvalue weighted by Crippen LogP contribution is 2.15. The molecule has 0 bridgehead atoms. The van der Waals surface area contributed by atoms with Crippen LogP contribution < -0.4 is 4.74 Å². The number of aliphatic hydroxyl groups excluding tert-OH is 1. The first-order chi connectivity index (χ1) is 10.8. The molecular weight excluding hydrogens is 280 g/mol. The summed E-state index contributed by atoms with van der Waals surface area (Å²) >= 11 is 0. The van der Waals surface area contributed by atoms with Gasteiger partial charge in [0.1, 0.15) is 11.5 Å². The van der Waals surface area contributed by atoms with Crippen molar-refractivity contribution in [3.63, 3.8) is 0 Å². The van der Waals surface area contributed by atoms with Crippen molar-refractivity contribution in [3.8, 4) is 11.5 Å². The van der Waals surface area contributed by atoms with Gasteiger partial charge in [0, 0.05) is 23.6 Å². The van der Waals surface area contributed by atoms with Crippen molar-refractivity contribution in [2.24, 2.45) is 9.98 Å². The highest BCUT2D eigenvalue weighted by atomic mass is 16.6. The first kappa shape index (κ1) is 15.7. The molecule has 0 radical (unpaired) electrons. The number of benzene rings is 2. The van der Waals surface area contributed by atoms with E-state index in [2.05, 4.69) is 9.98 Å². The number of para-hydroxylation sites is 2. The molecular formula is C17H18N2O3. The highest BCUT2D eigenvalue weighted by Gasteiger charge is 1.98. The zero-order valence-electron chi connectivity index (χ0n) is 12.1. The fourth-order valence-electron chi connectivity index (χ4n) is 1.83. The molecule has 114 valence electrons. The van der Waals surface area contributed by atoms with E-state index in [0.717, 1.165) is 5.56 Å². The molecule has 0 heterocycles. The molecule has 0 amide bonds. The van der Waals surface area contributed by atoms with Crippen molar-refractivity contribution in [3.05, 3.63) is 59.7 Å². The predicted octanol–water partition coefficient (Wildman–Crippen LogP) is 2.26. The topological polar surface area (TPSA) is 74.4 Å². The Balaban J connectivity index is 1.85. The zero-order valence-corrected chi connectivity index (χ0v) is 12.1. The standard InChI is InChI=1S/C17H18N2O3/c20-13-22-17-8-4-2-6-15(17)12-19-10-9-18-11-14-5-1-3-7-16(14)21/h1-8,11-12,20-21H,9-10,13H2/b18-11+,19-12+. The van der Waals surface area contributed by atoms with E-state index >= 15 is 0 Å². The van der Waals surface area contributed by atoms with E-state index in [9.17, 15) is 5.11 Å². The Morgan fingerprint density at radius 3 is 2.14 bits per heavy atom. The lowest BCUT2D eigenvalue weighted by Crippen LogP contribution is -1.98. The number of nitrogens with zero attached hydrogens (tertiary/aromatic N) is 2. The molecule has 22 heavy (non-hydrogen) atoms. The number of aliphatic hydroxyl groups is 1. The minimum atomic E-state index is -0.365. The van der Waals surface area contributed by atoms with Crippen molar-refractivity contribution < 1.29 is 14.9 Å². The van der Waals surface area contributed by atoms with E-state index in [4.69, 9.17) is 9.84 Å². The molecule has 0 aliphatic heterocycles. The summed E-state index contributed by atoms with van der Waals surface area (Å²) in [4.78, 5) is 8.50. The number of hydrogen-bond donors (Lipinski definition) is 2. The van der Waals surface area contributed by atoms with Gasteiger partial charge in [-0.3, -0.25) is 9.98 Å². The van der Waals surface area contributed by atoms with Gasteiger partial charge in [-0.1, -0.05) is 24.3 Å². The summed E-state index contributed by atoms with van der Waals surface area (Å²) in [7, 11) is 0. The van der Waals surface area contributed by atoms with Gasteiger partial charge in [0.05, 0.1) is 13.1 Å². The maximum Gasteiger partial charge on any atom is 0.186 e. The minimum Gasteiger partial charge on any atom is -0.507 e. The second-order valence-electron chi connectivity index (χ2n) is 4.44. The highest BCUT2D eigenvalue weighted by molar-refractivity contribution is 5.84. The molecule has 2 aromatic carbocycles. The predicted molar refractivity (Wildman–Crippen MR) is 87.2 cm³/mol. The normalized spacial score (nSPS) is 11.3. The average Bonchev–Trinajstić information content (AvgIpc) is 2.54. The third kappa shape index (κ3) is 4.71. The summed E-state index contributed by atoms with van der Waals surface area (Å²) in [5.74, 6) is 0.802. The second kappa shape index (κ2) is 8.59. The summed E-state index contributed by atoms with van der Waals surface area (Å²) in [6.07, 6.45) is 3.33. The van der Waals surface area contributed by atoms with Crippen LogP contribution in [-0.2, 0) is 0 Å². The summed E-state index contributed by atoms with van der Waals surface area (Å²) < 4.78 is 5.09. The Hall–Kier alpha value is -2.66. The largest absolute Gasteiger partial charge is 0.507 e. The molecule has 0 saturated carbocycles. The second-order valence-corrected chi connectivity index (χ2v) is 4.44. The number of aliphatic imine (C=N–C) groups is 2. The van der Waals surface area contributed by atoms with Crippen molar-refractivity contribution >= 4 is 12.4 Å². The van der Waals surface area contributed by atoms with Crippen molar-refractivity contribution in [2.75, 3.05) is 19.9 Å². The van der Waals surface area contributed by atoms with Crippen LogP contribution in [0.25, 0.3) is 0 Å². The Kier molecular flexibility index (Phi) is 6.14. The molecule has 0 saturated heterocycles. The van der Waals surface area contributed by atoms with Gasteiger partial charge in [0.25, 0.3) is 0 Å². The molecule has 2 rings (SSSR count). The summed E-state index contributed by atoms with van der Waals surface area (Å²) in [6.45, 7) is 0.682. The van der Waals surface area contributed by atoms with Gasteiger partial charge < -0.3 is 14.9 Å². The fraction of sp³-hybridized carbons (Fsp3) is 0.176. The van der Waals surface area contributed by atoms with E-state index in [1.807, 2.05) is 24.3 Å². The minimum absolute atomic E-state index is 0.213. The molecule has 5 heteroatoms. The number of phenolic OH excluding ortho intramolecular Hbond substituents is 1. The van der Waals surface area contributed by atoms with E-state index < -0.39 is 0 Å². The number of rotatable bonds is 7.